The van der Waals surface area contributed by atoms with Crippen molar-refractivity contribution in [3.05, 3.63) is 51.1 Å². The topological polar surface area (TPSA) is 100 Å². The van der Waals surface area contributed by atoms with Gasteiger partial charge in [-0.1, -0.05) is 6.07 Å². The van der Waals surface area contributed by atoms with E-state index in [1.165, 1.54) is 34.5 Å². The predicted molar refractivity (Wildman–Crippen MR) is 102 cm³/mol. The number of benzene rings is 2. The third kappa shape index (κ3) is 2.99. The van der Waals surface area contributed by atoms with Crippen LogP contribution >= 0.6 is 0 Å². The van der Waals surface area contributed by atoms with Gasteiger partial charge in [0, 0.05) is 5.56 Å². The number of hydrogen-bond donors (Lipinski definition) is 1. The fourth-order valence-corrected chi connectivity index (χ4v) is 3.90. The van der Waals surface area contributed by atoms with Gasteiger partial charge in [-0.3, -0.25) is 10.1 Å². The Morgan fingerprint density at radius 2 is 1.61 bits per heavy atom. The first kappa shape index (κ1) is 19.8. The first-order valence-electron chi connectivity index (χ1n) is 8.78. The minimum Gasteiger partial charge on any atom is -0.493 e. The van der Waals surface area contributed by atoms with Crippen LogP contribution in [0.2, 0.25) is 0 Å². The number of rotatable bonds is 6. The normalized spacial score (nSPS) is 18.2. The molecule has 0 saturated heterocycles. The number of nitro groups is 1. The molecule has 1 atom stereocenters. The second kappa shape index (κ2) is 7.55. The minimum atomic E-state index is -1.43. The molecule has 0 amide bonds. The van der Waals surface area contributed by atoms with Crippen molar-refractivity contribution in [2.45, 2.75) is 24.9 Å². The summed E-state index contributed by atoms with van der Waals surface area (Å²) in [5, 5.41) is 23.3. The maximum absolute atomic E-state index is 11.7. The molecule has 1 N–H and O–H groups in total. The van der Waals surface area contributed by atoms with Gasteiger partial charge in [0.25, 0.3) is 0 Å². The molecule has 0 spiro atoms. The lowest BCUT2D eigenvalue weighted by atomic mass is 9.74. The first-order valence-corrected chi connectivity index (χ1v) is 8.78. The van der Waals surface area contributed by atoms with E-state index in [1.54, 1.807) is 18.2 Å². The zero-order valence-electron chi connectivity index (χ0n) is 16.3. The zero-order valence-corrected chi connectivity index (χ0v) is 16.3. The van der Waals surface area contributed by atoms with E-state index in [0.717, 1.165) is 0 Å². The van der Waals surface area contributed by atoms with Crippen molar-refractivity contribution >= 4 is 5.69 Å². The molecule has 8 nitrogen and oxygen atoms in total. The average Bonchev–Trinajstić information content (AvgIpc) is 2.71. The molecule has 0 aromatic heterocycles. The molecule has 3 rings (SSSR count). The fraction of sp³-hybridized carbons (Fsp3) is 0.400. The van der Waals surface area contributed by atoms with Crippen molar-refractivity contribution < 1.29 is 29.0 Å². The summed E-state index contributed by atoms with van der Waals surface area (Å²) in [7, 11) is 5.88. The summed E-state index contributed by atoms with van der Waals surface area (Å²) in [6.45, 7) is 0. The standard InChI is InChI=1S/C20H23NO7/c1-25-15-8-7-14-13(18(15)21(23)24)6-5-9-20(14,22)12-10-16(26-2)19(28-4)17(11-12)27-3/h7-8,10-11,22H,5-6,9H2,1-4H3. The SMILES string of the molecule is COc1cc(C2(O)CCCc3c2ccc(OC)c3[N+](=O)[O-])cc(OC)c1OC. The van der Waals surface area contributed by atoms with Gasteiger partial charge in [-0.2, -0.15) is 0 Å². The Kier molecular flexibility index (Phi) is 5.33. The Bertz CT molecular complexity index is 887. The summed E-state index contributed by atoms with van der Waals surface area (Å²) in [4.78, 5) is 11.2. The van der Waals surface area contributed by atoms with Crippen molar-refractivity contribution in [3.63, 3.8) is 0 Å². The molecule has 28 heavy (non-hydrogen) atoms. The molecular formula is C20H23NO7. The van der Waals surface area contributed by atoms with Gasteiger partial charge < -0.3 is 24.1 Å². The Morgan fingerprint density at radius 3 is 2.11 bits per heavy atom. The van der Waals surface area contributed by atoms with E-state index in [2.05, 4.69) is 0 Å². The third-order valence-electron chi connectivity index (χ3n) is 5.20. The lowest BCUT2D eigenvalue weighted by molar-refractivity contribution is -0.386. The number of fused-ring (bicyclic) bond motifs is 1. The molecule has 1 unspecified atom stereocenters. The Hall–Kier alpha value is -3.00. The molecule has 1 aliphatic carbocycles. The van der Waals surface area contributed by atoms with E-state index in [0.29, 0.717) is 53.2 Å². The van der Waals surface area contributed by atoms with Gasteiger partial charge in [-0.25, -0.2) is 0 Å². The highest BCUT2D eigenvalue weighted by molar-refractivity contribution is 5.62. The van der Waals surface area contributed by atoms with Crippen LogP contribution in [0.25, 0.3) is 0 Å². The number of aliphatic hydroxyl groups is 1. The highest BCUT2D eigenvalue weighted by Gasteiger charge is 2.41. The van der Waals surface area contributed by atoms with Crippen molar-refractivity contribution in [2.75, 3.05) is 28.4 Å². The monoisotopic (exact) mass is 389 g/mol. The molecule has 2 aromatic rings. The van der Waals surface area contributed by atoms with Crippen molar-refractivity contribution in [2.24, 2.45) is 0 Å². The Balaban J connectivity index is 2.26. The molecule has 0 fully saturated rings. The highest BCUT2D eigenvalue weighted by atomic mass is 16.6. The molecule has 0 aliphatic heterocycles. The molecule has 8 heteroatoms. The zero-order chi connectivity index (χ0) is 20.5. The molecule has 150 valence electrons. The third-order valence-corrected chi connectivity index (χ3v) is 5.20. The second-order valence-electron chi connectivity index (χ2n) is 6.53. The second-order valence-corrected chi connectivity index (χ2v) is 6.53. The summed E-state index contributed by atoms with van der Waals surface area (Å²) < 4.78 is 21.3. The maximum atomic E-state index is 11.7. The van der Waals surface area contributed by atoms with E-state index < -0.39 is 10.5 Å². The lowest BCUT2D eigenvalue weighted by Crippen LogP contribution is -2.32. The van der Waals surface area contributed by atoms with Crippen LogP contribution in [0.3, 0.4) is 0 Å². The van der Waals surface area contributed by atoms with Gasteiger partial charge in [0.15, 0.2) is 17.2 Å². The molecule has 1 aliphatic rings. The highest BCUT2D eigenvalue weighted by Crippen LogP contribution is 2.49. The van der Waals surface area contributed by atoms with E-state index >= 15 is 0 Å². The van der Waals surface area contributed by atoms with Gasteiger partial charge >= 0.3 is 5.69 Å². The first-order chi connectivity index (χ1) is 13.4. The van der Waals surface area contributed by atoms with E-state index in [-0.39, 0.29) is 11.4 Å². The molecule has 0 saturated carbocycles. The van der Waals surface area contributed by atoms with Gasteiger partial charge in [-0.15, -0.1) is 0 Å². The number of hydrogen-bond acceptors (Lipinski definition) is 7. The van der Waals surface area contributed by atoms with Crippen molar-refractivity contribution in [1.29, 1.82) is 0 Å². The summed E-state index contributed by atoms with van der Waals surface area (Å²) in [5.74, 6) is 1.40. The fourth-order valence-electron chi connectivity index (χ4n) is 3.90. The van der Waals surface area contributed by atoms with E-state index in [9.17, 15) is 15.2 Å². The molecule has 0 heterocycles. The van der Waals surface area contributed by atoms with Crippen LogP contribution in [-0.2, 0) is 12.0 Å². The lowest BCUT2D eigenvalue weighted by Gasteiger charge is -2.35. The van der Waals surface area contributed by atoms with E-state index in [1.807, 2.05) is 0 Å². The van der Waals surface area contributed by atoms with Crippen LogP contribution in [0.15, 0.2) is 24.3 Å². The summed E-state index contributed by atoms with van der Waals surface area (Å²) in [6.07, 6.45) is 1.46. The maximum Gasteiger partial charge on any atom is 0.314 e. The summed E-state index contributed by atoms with van der Waals surface area (Å²) in [5.41, 5.74) is -0.0578. The summed E-state index contributed by atoms with van der Waals surface area (Å²) in [6, 6.07) is 6.55. The number of nitrogens with zero attached hydrogens (tertiary/aromatic N) is 1. The minimum absolute atomic E-state index is 0.106. The molecule has 2 aromatic carbocycles. The van der Waals surface area contributed by atoms with Crippen LogP contribution < -0.4 is 18.9 Å². The molecule has 0 bridgehead atoms. The van der Waals surface area contributed by atoms with Gasteiger partial charge in [0.1, 0.15) is 5.60 Å². The average molecular weight is 389 g/mol. The number of nitro benzene ring substituents is 1. The van der Waals surface area contributed by atoms with Crippen LogP contribution in [0.4, 0.5) is 5.69 Å². The van der Waals surface area contributed by atoms with Crippen LogP contribution in [-0.4, -0.2) is 38.5 Å². The largest absolute Gasteiger partial charge is 0.493 e. The molecule has 0 radical (unpaired) electrons. The number of methoxy groups -OCH3 is 4. The predicted octanol–water partition coefficient (Wildman–Crippen LogP) is 3.20. The van der Waals surface area contributed by atoms with Crippen molar-refractivity contribution in [3.8, 4) is 23.0 Å². The van der Waals surface area contributed by atoms with Gasteiger partial charge in [-0.05, 0) is 48.6 Å². The van der Waals surface area contributed by atoms with Gasteiger partial charge in [0.2, 0.25) is 5.75 Å². The quantitative estimate of drug-likeness (QED) is 0.598. The van der Waals surface area contributed by atoms with Crippen molar-refractivity contribution in [1.82, 2.24) is 0 Å². The van der Waals surface area contributed by atoms with E-state index in [4.69, 9.17) is 18.9 Å². The Morgan fingerprint density at radius 1 is 1.00 bits per heavy atom. The van der Waals surface area contributed by atoms with Gasteiger partial charge in [0.05, 0.1) is 33.4 Å². The number of ether oxygens (including phenoxy) is 4. The van der Waals surface area contributed by atoms with Crippen LogP contribution in [0.5, 0.6) is 23.0 Å². The van der Waals surface area contributed by atoms with Crippen LogP contribution in [0, 0.1) is 10.1 Å². The van der Waals surface area contributed by atoms with Crippen LogP contribution in [0.1, 0.15) is 29.5 Å². The smallest absolute Gasteiger partial charge is 0.314 e. The summed E-state index contributed by atoms with van der Waals surface area (Å²) >= 11 is 0. The Labute approximate surface area is 162 Å². The molecular weight excluding hydrogens is 366 g/mol.